The average Bonchev–Trinajstić information content (AvgIpc) is 2.99. The van der Waals surface area contributed by atoms with Crippen molar-refractivity contribution in [1.29, 1.82) is 0 Å². The number of hydrogen-bond acceptors (Lipinski definition) is 3. The van der Waals surface area contributed by atoms with E-state index in [1.54, 1.807) is 12.3 Å². The summed E-state index contributed by atoms with van der Waals surface area (Å²) in [5.74, 6) is 0.699. The van der Waals surface area contributed by atoms with Crippen molar-refractivity contribution in [2.75, 3.05) is 6.54 Å². The minimum Gasteiger partial charge on any atom is -0.338 e. The topological polar surface area (TPSA) is 42.7 Å². The second kappa shape index (κ2) is 7.15. The largest absolute Gasteiger partial charge is 0.338 e. The van der Waals surface area contributed by atoms with Crippen molar-refractivity contribution in [3.05, 3.63) is 84.0 Å². The molecule has 0 amide bonds. The Hall–Kier alpha value is -2.53. The maximum absolute atomic E-state index is 13.1. The molecule has 0 saturated heterocycles. The van der Waals surface area contributed by atoms with Crippen molar-refractivity contribution in [2.45, 2.75) is 12.5 Å². The molecule has 3 aromatic rings. The fraction of sp³-hybridized carbons (Fsp3) is 0.222. The van der Waals surface area contributed by atoms with Crippen LogP contribution < -0.4 is 5.32 Å². The highest BCUT2D eigenvalue weighted by molar-refractivity contribution is 5.27. The van der Waals surface area contributed by atoms with E-state index in [1.165, 1.54) is 12.3 Å². The van der Waals surface area contributed by atoms with E-state index < -0.39 is 0 Å². The number of nitrogens with zero attached hydrogens (tertiary/aromatic N) is 3. The summed E-state index contributed by atoms with van der Waals surface area (Å²) < 4.78 is 15.2. The van der Waals surface area contributed by atoms with Crippen LogP contribution in [0.25, 0.3) is 0 Å². The molecule has 3 rings (SSSR count). The van der Waals surface area contributed by atoms with Gasteiger partial charge in [0.05, 0.1) is 17.9 Å². The van der Waals surface area contributed by atoms with E-state index in [4.69, 9.17) is 0 Å². The fourth-order valence-corrected chi connectivity index (χ4v) is 2.56. The van der Waals surface area contributed by atoms with Crippen LogP contribution in [0.5, 0.6) is 0 Å². The Balaban J connectivity index is 1.75. The van der Waals surface area contributed by atoms with Crippen molar-refractivity contribution in [2.24, 2.45) is 7.05 Å². The molecule has 0 radical (unpaired) electrons. The summed E-state index contributed by atoms with van der Waals surface area (Å²) in [4.78, 5) is 8.56. The molecule has 0 spiro atoms. The summed E-state index contributed by atoms with van der Waals surface area (Å²) in [7, 11) is 1.98. The van der Waals surface area contributed by atoms with Gasteiger partial charge >= 0.3 is 0 Å². The van der Waals surface area contributed by atoms with Gasteiger partial charge in [-0.2, -0.15) is 0 Å². The van der Waals surface area contributed by atoms with E-state index in [0.717, 1.165) is 30.0 Å². The Kier molecular flexibility index (Phi) is 4.78. The number of halogens is 1. The van der Waals surface area contributed by atoms with Crippen LogP contribution in [0.1, 0.15) is 23.1 Å². The fourth-order valence-electron chi connectivity index (χ4n) is 2.56. The molecule has 118 valence electrons. The smallest absolute Gasteiger partial charge is 0.141 e. The van der Waals surface area contributed by atoms with Gasteiger partial charge in [0.15, 0.2) is 0 Å². The summed E-state index contributed by atoms with van der Waals surface area (Å²) in [5.41, 5.74) is 1.91. The third kappa shape index (κ3) is 3.81. The van der Waals surface area contributed by atoms with Gasteiger partial charge in [0.1, 0.15) is 11.6 Å². The second-order valence-corrected chi connectivity index (χ2v) is 5.40. The van der Waals surface area contributed by atoms with Gasteiger partial charge in [-0.25, -0.2) is 9.37 Å². The van der Waals surface area contributed by atoms with Gasteiger partial charge in [0.2, 0.25) is 0 Å². The minimum absolute atomic E-state index is 0.0722. The molecule has 1 N–H and O–H groups in total. The highest BCUT2D eigenvalue weighted by atomic mass is 19.1. The van der Waals surface area contributed by atoms with E-state index in [9.17, 15) is 4.39 Å². The van der Waals surface area contributed by atoms with Gasteiger partial charge in [-0.3, -0.25) is 4.98 Å². The molecule has 23 heavy (non-hydrogen) atoms. The van der Waals surface area contributed by atoms with E-state index in [-0.39, 0.29) is 11.9 Å². The summed E-state index contributed by atoms with van der Waals surface area (Å²) in [6.45, 7) is 0.753. The van der Waals surface area contributed by atoms with Gasteiger partial charge < -0.3 is 9.88 Å². The standard InChI is InChI=1S/C18H19FN4/c1-23-12-11-20-17(23)9-10-21-18(14-5-3-2-4-6-14)16-8-7-15(19)13-22-16/h2-8,11-13,18,21H,9-10H2,1H3/t18-/m0/s1. The van der Waals surface area contributed by atoms with Crippen LogP contribution in [-0.4, -0.2) is 21.1 Å². The predicted octanol–water partition coefficient (Wildman–Crippen LogP) is 2.88. The molecule has 2 aromatic heterocycles. The van der Waals surface area contributed by atoms with Gasteiger partial charge in [-0.1, -0.05) is 30.3 Å². The lowest BCUT2D eigenvalue weighted by Gasteiger charge is -2.19. The first-order valence-corrected chi connectivity index (χ1v) is 7.60. The Labute approximate surface area is 135 Å². The quantitative estimate of drug-likeness (QED) is 0.761. The number of nitrogens with one attached hydrogen (secondary N) is 1. The number of hydrogen-bond donors (Lipinski definition) is 1. The number of rotatable bonds is 6. The number of pyridine rings is 1. The molecule has 1 atom stereocenters. The van der Waals surface area contributed by atoms with Crippen molar-refractivity contribution in [3.63, 3.8) is 0 Å². The van der Waals surface area contributed by atoms with Gasteiger partial charge in [0.25, 0.3) is 0 Å². The maximum Gasteiger partial charge on any atom is 0.141 e. The van der Waals surface area contributed by atoms with Gasteiger partial charge in [-0.05, 0) is 17.7 Å². The Morgan fingerprint density at radius 3 is 2.61 bits per heavy atom. The summed E-state index contributed by atoms with van der Waals surface area (Å²) in [6.07, 6.45) is 5.80. The van der Waals surface area contributed by atoms with Crippen LogP contribution in [0.15, 0.2) is 61.1 Å². The molecule has 0 aliphatic rings. The molecule has 0 saturated carbocycles. The molecule has 0 fully saturated rings. The number of aryl methyl sites for hydroxylation is 1. The van der Waals surface area contributed by atoms with Crippen LogP contribution >= 0.6 is 0 Å². The summed E-state index contributed by atoms with van der Waals surface area (Å²) >= 11 is 0. The first-order valence-electron chi connectivity index (χ1n) is 7.60. The third-order valence-corrected chi connectivity index (χ3v) is 3.80. The molecule has 0 bridgehead atoms. The molecule has 5 heteroatoms. The average molecular weight is 310 g/mol. The van der Waals surface area contributed by atoms with Crippen LogP contribution in [0.4, 0.5) is 4.39 Å². The molecule has 0 unspecified atom stereocenters. The van der Waals surface area contributed by atoms with E-state index in [0.29, 0.717) is 0 Å². The Bertz CT molecular complexity index is 737. The number of aromatic nitrogens is 3. The zero-order chi connectivity index (χ0) is 16.1. The molecule has 0 aliphatic heterocycles. The first-order chi connectivity index (χ1) is 11.2. The van der Waals surface area contributed by atoms with Crippen LogP contribution in [-0.2, 0) is 13.5 Å². The first kappa shape index (κ1) is 15.4. The predicted molar refractivity (Wildman–Crippen MR) is 87.4 cm³/mol. The molecular formula is C18H19FN4. The molecule has 4 nitrogen and oxygen atoms in total. The zero-order valence-corrected chi connectivity index (χ0v) is 13.0. The van der Waals surface area contributed by atoms with Crippen molar-refractivity contribution in [1.82, 2.24) is 19.9 Å². The normalized spacial score (nSPS) is 12.3. The highest BCUT2D eigenvalue weighted by Gasteiger charge is 2.15. The monoisotopic (exact) mass is 310 g/mol. The Morgan fingerprint density at radius 2 is 1.96 bits per heavy atom. The van der Waals surface area contributed by atoms with Crippen LogP contribution in [0, 0.1) is 5.82 Å². The van der Waals surface area contributed by atoms with Crippen molar-refractivity contribution >= 4 is 0 Å². The molecular weight excluding hydrogens is 291 g/mol. The lowest BCUT2D eigenvalue weighted by Crippen LogP contribution is -2.26. The lowest BCUT2D eigenvalue weighted by molar-refractivity contribution is 0.571. The SMILES string of the molecule is Cn1ccnc1CCN[C@@H](c1ccccc1)c1ccc(F)cn1. The van der Waals surface area contributed by atoms with E-state index in [2.05, 4.69) is 15.3 Å². The number of imidazole rings is 1. The highest BCUT2D eigenvalue weighted by Crippen LogP contribution is 2.20. The van der Waals surface area contributed by atoms with Crippen molar-refractivity contribution < 1.29 is 4.39 Å². The summed E-state index contributed by atoms with van der Waals surface area (Å²) in [6, 6.07) is 13.1. The maximum atomic E-state index is 13.1. The summed E-state index contributed by atoms with van der Waals surface area (Å²) in [5, 5.41) is 3.50. The van der Waals surface area contributed by atoms with Crippen molar-refractivity contribution in [3.8, 4) is 0 Å². The minimum atomic E-state index is -0.325. The van der Waals surface area contributed by atoms with Crippen LogP contribution in [0.3, 0.4) is 0 Å². The zero-order valence-electron chi connectivity index (χ0n) is 13.0. The molecule has 1 aromatic carbocycles. The molecule has 2 heterocycles. The Morgan fingerprint density at radius 1 is 1.13 bits per heavy atom. The molecule has 0 aliphatic carbocycles. The van der Waals surface area contributed by atoms with Gasteiger partial charge in [0, 0.05) is 32.4 Å². The van der Waals surface area contributed by atoms with Crippen LogP contribution in [0.2, 0.25) is 0 Å². The number of benzene rings is 1. The second-order valence-electron chi connectivity index (χ2n) is 5.40. The van der Waals surface area contributed by atoms with E-state index in [1.807, 2.05) is 48.1 Å². The van der Waals surface area contributed by atoms with E-state index >= 15 is 0 Å². The third-order valence-electron chi connectivity index (χ3n) is 3.80. The lowest BCUT2D eigenvalue weighted by atomic mass is 10.0. The van der Waals surface area contributed by atoms with Gasteiger partial charge in [-0.15, -0.1) is 0 Å².